The standard InChI is InChI=1S/C20H17N5O2/c21-10-18-23-16-3-1-2-4-17(16)25(18)12-20(27)22-11-13-5-7-15-14(9-13)6-8-19(26)24-15/h1-5,7,9H,6,8,11-12H2,(H,22,27)(H,24,26). The molecule has 7 nitrogen and oxygen atoms in total. The van der Waals surface area contributed by atoms with E-state index in [-0.39, 0.29) is 24.2 Å². The number of aryl methyl sites for hydroxylation is 1. The monoisotopic (exact) mass is 359 g/mol. The lowest BCUT2D eigenvalue weighted by Crippen LogP contribution is -2.27. The summed E-state index contributed by atoms with van der Waals surface area (Å²) in [6, 6.07) is 15.2. The van der Waals surface area contributed by atoms with Crippen LogP contribution in [0, 0.1) is 11.3 Å². The molecule has 27 heavy (non-hydrogen) atoms. The number of hydrogen-bond donors (Lipinski definition) is 2. The van der Waals surface area contributed by atoms with Crippen LogP contribution in [0.5, 0.6) is 0 Å². The number of nitriles is 1. The Labute approximate surface area is 155 Å². The number of nitrogens with one attached hydrogen (secondary N) is 2. The van der Waals surface area contributed by atoms with Gasteiger partial charge in [-0.05, 0) is 35.7 Å². The van der Waals surface area contributed by atoms with Gasteiger partial charge < -0.3 is 15.2 Å². The minimum Gasteiger partial charge on any atom is -0.350 e. The number of para-hydroxylation sites is 2. The van der Waals surface area contributed by atoms with Crippen molar-refractivity contribution >= 4 is 28.5 Å². The van der Waals surface area contributed by atoms with Gasteiger partial charge >= 0.3 is 0 Å². The fourth-order valence-electron chi connectivity index (χ4n) is 3.27. The lowest BCUT2D eigenvalue weighted by atomic mass is 10.0. The van der Waals surface area contributed by atoms with Crippen LogP contribution in [0.3, 0.4) is 0 Å². The molecule has 2 aromatic carbocycles. The van der Waals surface area contributed by atoms with Crippen molar-refractivity contribution in [3.63, 3.8) is 0 Å². The number of hydrogen-bond acceptors (Lipinski definition) is 4. The van der Waals surface area contributed by atoms with Gasteiger partial charge in [-0.15, -0.1) is 0 Å². The lowest BCUT2D eigenvalue weighted by molar-refractivity contribution is -0.121. The smallest absolute Gasteiger partial charge is 0.240 e. The van der Waals surface area contributed by atoms with Crippen molar-refractivity contribution in [3.05, 3.63) is 59.4 Å². The molecular weight excluding hydrogens is 342 g/mol. The van der Waals surface area contributed by atoms with E-state index >= 15 is 0 Å². The third-order valence-electron chi connectivity index (χ3n) is 4.61. The molecule has 134 valence electrons. The van der Waals surface area contributed by atoms with Crippen molar-refractivity contribution < 1.29 is 9.59 Å². The van der Waals surface area contributed by atoms with Gasteiger partial charge in [-0.1, -0.05) is 24.3 Å². The van der Waals surface area contributed by atoms with E-state index in [1.807, 2.05) is 48.5 Å². The summed E-state index contributed by atoms with van der Waals surface area (Å²) in [4.78, 5) is 28.1. The molecule has 7 heteroatoms. The minimum atomic E-state index is -0.194. The number of benzene rings is 2. The summed E-state index contributed by atoms with van der Waals surface area (Å²) >= 11 is 0. The molecule has 0 atom stereocenters. The van der Waals surface area contributed by atoms with Crippen LogP contribution in [0.15, 0.2) is 42.5 Å². The average molecular weight is 359 g/mol. The first kappa shape index (κ1) is 16.8. The quantitative estimate of drug-likeness (QED) is 0.745. The summed E-state index contributed by atoms with van der Waals surface area (Å²) < 4.78 is 1.62. The van der Waals surface area contributed by atoms with E-state index in [1.54, 1.807) is 4.57 Å². The van der Waals surface area contributed by atoms with Crippen LogP contribution in [0.4, 0.5) is 5.69 Å². The highest BCUT2D eigenvalue weighted by Gasteiger charge is 2.16. The highest BCUT2D eigenvalue weighted by atomic mass is 16.2. The maximum absolute atomic E-state index is 12.4. The van der Waals surface area contributed by atoms with Gasteiger partial charge in [-0.25, -0.2) is 4.98 Å². The number of carbonyl (C=O) groups excluding carboxylic acids is 2. The molecule has 0 radical (unpaired) electrons. The fourth-order valence-corrected chi connectivity index (χ4v) is 3.27. The van der Waals surface area contributed by atoms with Crippen LogP contribution in [-0.4, -0.2) is 21.4 Å². The van der Waals surface area contributed by atoms with Crippen LogP contribution < -0.4 is 10.6 Å². The summed E-state index contributed by atoms with van der Waals surface area (Å²) in [5.41, 5.74) is 4.33. The zero-order chi connectivity index (χ0) is 18.8. The van der Waals surface area contributed by atoms with Crippen LogP contribution in [0.1, 0.15) is 23.4 Å². The Bertz CT molecular complexity index is 1090. The summed E-state index contributed by atoms with van der Waals surface area (Å²) in [6.45, 7) is 0.416. The van der Waals surface area contributed by atoms with Crippen LogP contribution in [-0.2, 0) is 29.1 Å². The van der Waals surface area contributed by atoms with E-state index in [2.05, 4.69) is 15.6 Å². The Kier molecular flexibility index (Phi) is 4.30. The molecule has 0 saturated carbocycles. The largest absolute Gasteiger partial charge is 0.350 e. The molecule has 0 unspecified atom stereocenters. The number of nitrogens with zero attached hydrogens (tertiary/aromatic N) is 3. The van der Waals surface area contributed by atoms with Gasteiger partial charge in [-0.2, -0.15) is 5.26 Å². The zero-order valence-corrected chi connectivity index (χ0v) is 14.5. The van der Waals surface area contributed by atoms with Crippen LogP contribution >= 0.6 is 0 Å². The van der Waals surface area contributed by atoms with Gasteiger partial charge in [0.05, 0.1) is 11.0 Å². The Morgan fingerprint density at radius 1 is 1.26 bits per heavy atom. The summed E-state index contributed by atoms with van der Waals surface area (Å²) in [6.07, 6.45) is 1.18. The number of imidazole rings is 1. The first-order valence-corrected chi connectivity index (χ1v) is 8.68. The van der Waals surface area contributed by atoms with Gasteiger partial charge in [0.2, 0.25) is 17.6 Å². The molecule has 1 aliphatic heterocycles. The SMILES string of the molecule is N#Cc1nc2ccccc2n1CC(=O)NCc1ccc2c(c1)CCC(=O)N2. The highest BCUT2D eigenvalue weighted by Crippen LogP contribution is 2.23. The maximum Gasteiger partial charge on any atom is 0.240 e. The van der Waals surface area contributed by atoms with Crippen LogP contribution in [0.2, 0.25) is 0 Å². The first-order chi connectivity index (χ1) is 13.1. The molecule has 2 amide bonds. The summed E-state index contributed by atoms with van der Waals surface area (Å²) in [7, 11) is 0. The Morgan fingerprint density at radius 2 is 2.11 bits per heavy atom. The zero-order valence-electron chi connectivity index (χ0n) is 14.5. The van der Waals surface area contributed by atoms with Crippen molar-refractivity contribution in [2.75, 3.05) is 5.32 Å². The Balaban J connectivity index is 1.45. The number of aromatic nitrogens is 2. The van der Waals surface area contributed by atoms with Crippen molar-refractivity contribution in [2.45, 2.75) is 25.9 Å². The molecule has 0 spiro atoms. The second-order valence-corrected chi connectivity index (χ2v) is 6.44. The minimum absolute atomic E-state index is 0.0319. The maximum atomic E-state index is 12.4. The molecule has 0 saturated heterocycles. The Morgan fingerprint density at radius 3 is 2.96 bits per heavy atom. The summed E-state index contributed by atoms with van der Waals surface area (Å²) in [5.74, 6) is 0.0564. The van der Waals surface area contributed by atoms with Gasteiger partial charge in [0.25, 0.3) is 0 Å². The second kappa shape index (κ2) is 6.92. The van der Waals surface area contributed by atoms with Gasteiger partial charge in [-0.3, -0.25) is 9.59 Å². The predicted molar refractivity (Wildman–Crippen MR) is 99.7 cm³/mol. The molecule has 2 N–H and O–H groups in total. The topological polar surface area (TPSA) is 99.8 Å². The van der Waals surface area contributed by atoms with E-state index in [1.165, 1.54) is 0 Å². The lowest BCUT2D eigenvalue weighted by Gasteiger charge is -2.17. The highest BCUT2D eigenvalue weighted by molar-refractivity contribution is 5.93. The van der Waals surface area contributed by atoms with E-state index in [9.17, 15) is 14.9 Å². The molecule has 0 aliphatic carbocycles. The van der Waals surface area contributed by atoms with Gasteiger partial charge in [0.15, 0.2) is 0 Å². The molecular formula is C20H17N5O2. The molecule has 0 fully saturated rings. The number of amides is 2. The third kappa shape index (κ3) is 3.37. The van der Waals surface area contributed by atoms with E-state index in [4.69, 9.17) is 0 Å². The van der Waals surface area contributed by atoms with Crippen molar-refractivity contribution in [2.24, 2.45) is 0 Å². The van der Waals surface area contributed by atoms with Gasteiger partial charge in [0, 0.05) is 18.7 Å². The van der Waals surface area contributed by atoms with E-state index in [0.717, 1.165) is 22.3 Å². The summed E-state index contributed by atoms with van der Waals surface area (Å²) in [5, 5.41) is 15.0. The van der Waals surface area contributed by atoms with E-state index < -0.39 is 0 Å². The molecule has 4 rings (SSSR count). The average Bonchev–Trinajstić information content (AvgIpc) is 3.04. The number of fused-ring (bicyclic) bond motifs is 2. The fraction of sp³-hybridized carbons (Fsp3) is 0.200. The predicted octanol–water partition coefficient (Wildman–Crippen LogP) is 2.11. The number of carbonyl (C=O) groups is 2. The molecule has 1 aromatic heterocycles. The van der Waals surface area contributed by atoms with E-state index in [0.29, 0.717) is 24.9 Å². The van der Waals surface area contributed by atoms with Crippen molar-refractivity contribution in [1.82, 2.24) is 14.9 Å². The molecule has 3 aromatic rings. The van der Waals surface area contributed by atoms with Crippen molar-refractivity contribution in [3.8, 4) is 6.07 Å². The number of anilines is 1. The number of rotatable bonds is 4. The first-order valence-electron chi connectivity index (χ1n) is 8.68. The third-order valence-corrected chi connectivity index (χ3v) is 4.61. The van der Waals surface area contributed by atoms with Crippen LogP contribution in [0.25, 0.3) is 11.0 Å². The molecule has 1 aliphatic rings. The molecule has 0 bridgehead atoms. The Hall–Kier alpha value is -3.66. The molecule has 2 heterocycles. The second-order valence-electron chi connectivity index (χ2n) is 6.44. The van der Waals surface area contributed by atoms with Gasteiger partial charge in [0.1, 0.15) is 12.6 Å². The van der Waals surface area contributed by atoms with Crippen molar-refractivity contribution in [1.29, 1.82) is 5.26 Å². The normalized spacial score (nSPS) is 12.9.